The van der Waals surface area contributed by atoms with Crippen LogP contribution >= 0.6 is 0 Å². The fourth-order valence-corrected chi connectivity index (χ4v) is 2.44. The van der Waals surface area contributed by atoms with Crippen LogP contribution in [0.15, 0.2) is 24.3 Å². The van der Waals surface area contributed by atoms with Crippen LogP contribution < -0.4 is 10.2 Å². The largest absolute Gasteiger partial charge is 0.371 e. The summed E-state index contributed by atoms with van der Waals surface area (Å²) in [5.41, 5.74) is 2.77. The molecule has 0 aliphatic heterocycles. The van der Waals surface area contributed by atoms with Crippen LogP contribution in [0.3, 0.4) is 0 Å². The highest BCUT2D eigenvalue weighted by molar-refractivity contribution is 5.53. The summed E-state index contributed by atoms with van der Waals surface area (Å²) in [4.78, 5) is 2.43. The van der Waals surface area contributed by atoms with Crippen LogP contribution in [-0.4, -0.2) is 19.6 Å². The Hall–Kier alpha value is -1.02. The molecule has 0 amide bonds. The molecule has 1 rings (SSSR count). The van der Waals surface area contributed by atoms with Crippen molar-refractivity contribution in [2.45, 2.75) is 52.6 Å². The molecular formula is C16H28N2. The monoisotopic (exact) mass is 248 g/mol. The minimum atomic E-state index is 0.636. The van der Waals surface area contributed by atoms with Crippen molar-refractivity contribution in [2.24, 2.45) is 0 Å². The molecule has 102 valence electrons. The molecule has 0 spiro atoms. The number of rotatable bonds is 8. The summed E-state index contributed by atoms with van der Waals surface area (Å²) < 4.78 is 0. The van der Waals surface area contributed by atoms with E-state index in [1.807, 2.05) is 0 Å². The van der Waals surface area contributed by atoms with Gasteiger partial charge in [0.1, 0.15) is 0 Å². The molecule has 1 N–H and O–H groups in total. The average molecular weight is 248 g/mol. The zero-order valence-corrected chi connectivity index (χ0v) is 12.4. The predicted molar refractivity (Wildman–Crippen MR) is 81.2 cm³/mol. The number of nitrogens with zero attached hydrogens (tertiary/aromatic N) is 1. The molecular weight excluding hydrogens is 220 g/mol. The Morgan fingerprint density at radius 3 is 2.39 bits per heavy atom. The molecule has 2 nitrogen and oxygen atoms in total. The molecule has 1 aromatic carbocycles. The number of anilines is 1. The normalized spacial score (nSPS) is 10.9. The second-order valence-electron chi connectivity index (χ2n) is 4.89. The molecule has 0 unspecified atom stereocenters. The van der Waals surface area contributed by atoms with E-state index < -0.39 is 0 Å². The minimum Gasteiger partial charge on any atom is -0.371 e. The zero-order chi connectivity index (χ0) is 13.4. The first-order chi connectivity index (χ1) is 8.74. The fraction of sp³-hybridized carbons (Fsp3) is 0.625. The quantitative estimate of drug-likeness (QED) is 0.704. The summed E-state index contributed by atoms with van der Waals surface area (Å²) >= 11 is 0. The number of hydrogen-bond acceptors (Lipinski definition) is 2. The molecule has 0 radical (unpaired) electrons. The van der Waals surface area contributed by atoms with Crippen molar-refractivity contribution in [2.75, 3.05) is 18.5 Å². The molecule has 0 saturated heterocycles. The number of nitrogens with one attached hydrogen (secondary N) is 1. The highest BCUT2D eigenvalue weighted by atomic mass is 15.1. The lowest BCUT2D eigenvalue weighted by Crippen LogP contribution is -2.31. The van der Waals surface area contributed by atoms with Crippen LogP contribution in [0, 0.1) is 0 Å². The third-order valence-corrected chi connectivity index (χ3v) is 3.60. The summed E-state index contributed by atoms with van der Waals surface area (Å²) in [6.07, 6.45) is 3.58. The topological polar surface area (TPSA) is 15.3 Å². The van der Waals surface area contributed by atoms with Crippen LogP contribution in [0.5, 0.6) is 0 Å². The van der Waals surface area contributed by atoms with Gasteiger partial charge in [0.2, 0.25) is 0 Å². The van der Waals surface area contributed by atoms with Gasteiger partial charge in [-0.25, -0.2) is 0 Å². The van der Waals surface area contributed by atoms with E-state index in [-0.39, 0.29) is 0 Å². The highest BCUT2D eigenvalue weighted by Gasteiger charge is 2.13. The Kier molecular flexibility index (Phi) is 6.81. The minimum absolute atomic E-state index is 0.636. The van der Waals surface area contributed by atoms with Crippen molar-refractivity contribution in [3.8, 4) is 0 Å². The molecule has 0 atom stereocenters. The first-order valence-electron chi connectivity index (χ1n) is 7.25. The van der Waals surface area contributed by atoms with E-state index in [2.05, 4.69) is 62.3 Å². The van der Waals surface area contributed by atoms with E-state index in [0.717, 1.165) is 13.1 Å². The summed E-state index contributed by atoms with van der Waals surface area (Å²) in [6.45, 7) is 8.79. The van der Waals surface area contributed by atoms with Crippen molar-refractivity contribution in [1.82, 2.24) is 5.32 Å². The number of benzene rings is 1. The van der Waals surface area contributed by atoms with Crippen molar-refractivity contribution >= 4 is 5.69 Å². The first-order valence-corrected chi connectivity index (χ1v) is 7.25. The second kappa shape index (κ2) is 8.15. The Morgan fingerprint density at radius 2 is 1.78 bits per heavy atom. The third kappa shape index (κ3) is 4.02. The van der Waals surface area contributed by atoms with E-state index in [4.69, 9.17) is 0 Å². The van der Waals surface area contributed by atoms with Gasteiger partial charge in [-0.3, -0.25) is 0 Å². The average Bonchev–Trinajstić information content (AvgIpc) is 2.41. The molecule has 0 saturated carbocycles. The maximum Gasteiger partial charge on any atom is 0.0411 e. The van der Waals surface area contributed by atoms with Crippen LogP contribution in [-0.2, 0) is 6.54 Å². The molecule has 1 aromatic rings. The van der Waals surface area contributed by atoms with Crippen LogP contribution in [0.1, 0.15) is 45.6 Å². The van der Waals surface area contributed by atoms with Crippen molar-refractivity contribution in [3.63, 3.8) is 0 Å². The number of para-hydroxylation sites is 1. The van der Waals surface area contributed by atoms with Gasteiger partial charge >= 0.3 is 0 Å². The zero-order valence-electron chi connectivity index (χ0n) is 12.4. The summed E-state index contributed by atoms with van der Waals surface area (Å²) in [5, 5.41) is 3.49. The molecule has 0 aromatic heterocycles. The smallest absolute Gasteiger partial charge is 0.0411 e. The Labute approximate surface area is 112 Å². The summed E-state index contributed by atoms with van der Waals surface area (Å²) in [7, 11) is 2.22. The first kappa shape index (κ1) is 15.0. The third-order valence-electron chi connectivity index (χ3n) is 3.60. The lowest BCUT2D eigenvalue weighted by molar-refractivity contribution is 0.587. The van der Waals surface area contributed by atoms with Crippen molar-refractivity contribution < 1.29 is 0 Å². The van der Waals surface area contributed by atoms with Crippen LogP contribution in [0.25, 0.3) is 0 Å². The molecule has 0 bridgehead atoms. The molecule has 0 fully saturated rings. The van der Waals surface area contributed by atoms with Gasteiger partial charge in [-0.1, -0.05) is 39.0 Å². The van der Waals surface area contributed by atoms with E-state index in [1.54, 1.807) is 0 Å². The van der Waals surface area contributed by atoms with Gasteiger partial charge in [0.25, 0.3) is 0 Å². The van der Waals surface area contributed by atoms with Crippen molar-refractivity contribution in [1.29, 1.82) is 0 Å². The van der Waals surface area contributed by atoms with Crippen molar-refractivity contribution in [3.05, 3.63) is 29.8 Å². The lowest BCUT2D eigenvalue weighted by Gasteiger charge is -2.30. The SMILES string of the molecule is CCCNCc1ccccc1N(C)C(CC)CC. The van der Waals surface area contributed by atoms with Gasteiger partial charge in [0, 0.05) is 25.3 Å². The second-order valence-corrected chi connectivity index (χ2v) is 4.89. The Bertz CT molecular complexity index is 332. The van der Waals surface area contributed by atoms with Crippen LogP contribution in [0.2, 0.25) is 0 Å². The Balaban J connectivity index is 2.79. The predicted octanol–water partition coefficient (Wildman–Crippen LogP) is 3.81. The molecule has 0 heterocycles. The lowest BCUT2D eigenvalue weighted by atomic mass is 10.1. The maximum absolute atomic E-state index is 3.49. The molecule has 0 aliphatic rings. The van der Waals surface area contributed by atoms with Gasteiger partial charge in [0.15, 0.2) is 0 Å². The maximum atomic E-state index is 3.49. The van der Waals surface area contributed by atoms with Gasteiger partial charge in [-0.05, 0) is 37.4 Å². The molecule has 2 heteroatoms. The molecule has 0 aliphatic carbocycles. The molecule has 18 heavy (non-hydrogen) atoms. The van der Waals surface area contributed by atoms with Crippen LogP contribution in [0.4, 0.5) is 5.69 Å². The van der Waals surface area contributed by atoms with Gasteiger partial charge < -0.3 is 10.2 Å². The van der Waals surface area contributed by atoms with E-state index in [0.29, 0.717) is 6.04 Å². The van der Waals surface area contributed by atoms with Gasteiger partial charge in [-0.15, -0.1) is 0 Å². The van der Waals surface area contributed by atoms with E-state index >= 15 is 0 Å². The summed E-state index contributed by atoms with van der Waals surface area (Å²) in [6, 6.07) is 9.38. The van der Waals surface area contributed by atoms with Gasteiger partial charge in [0.05, 0.1) is 0 Å². The fourth-order valence-electron chi connectivity index (χ4n) is 2.44. The highest BCUT2D eigenvalue weighted by Crippen LogP contribution is 2.23. The van der Waals surface area contributed by atoms with E-state index in [9.17, 15) is 0 Å². The van der Waals surface area contributed by atoms with Gasteiger partial charge in [-0.2, -0.15) is 0 Å². The van der Waals surface area contributed by atoms with E-state index in [1.165, 1.54) is 30.5 Å². The Morgan fingerprint density at radius 1 is 1.11 bits per heavy atom. The number of hydrogen-bond donors (Lipinski definition) is 1. The standard InChI is InChI=1S/C16H28N2/c1-5-12-17-13-14-10-8-9-11-16(14)18(4)15(6-2)7-3/h8-11,15,17H,5-7,12-13H2,1-4H3. The summed E-state index contributed by atoms with van der Waals surface area (Å²) in [5.74, 6) is 0.